The number of ether oxygens (including phenoxy) is 1. The van der Waals surface area contributed by atoms with Crippen molar-refractivity contribution in [2.45, 2.75) is 24.0 Å². The number of hydrogen-bond donors (Lipinski definition) is 7. The summed E-state index contributed by atoms with van der Waals surface area (Å²) < 4.78 is 63.8. The Labute approximate surface area is 175 Å². The number of aromatic nitrogens is 2. The zero-order chi connectivity index (χ0) is 24.7. The third-order valence-corrected chi connectivity index (χ3v) is 7.51. The first kappa shape index (κ1) is 26.7. The number of aromatic amines is 1. The molecule has 0 spiro atoms. The Morgan fingerprint density at radius 3 is 2.34 bits per heavy atom. The van der Waals surface area contributed by atoms with Crippen molar-refractivity contribution in [1.29, 1.82) is 0 Å². The Hall–Kier alpha value is -1.54. The second-order valence-electron chi connectivity index (χ2n) is 5.97. The number of aliphatic hydroxyl groups is 2. The van der Waals surface area contributed by atoms with E-state index < -0.39 is 71.2 Å². The minimum Gasteiger partial charge on any atom is -0.386 e. The van der Waals surface area contributed by atoms with Gasteiger partial charge in [0.2, 0.25) is 5.82 Å². The van der Waals surface area contributed by atoms with Crippen LogP contribution in [-0.4, -0.2) is 63.8 Å². The van der Waals surface area contributed by atoms with Gasteiger partial charge in [-0.3, -0.25) is 18.9 Å². The molecule has 1 saturated heterocycles. The van der Waals surface area contributed by atoms with Crippen LogP contribution in [0.5, 0.6) is 0 Å². The molecule has 2 rings (SSSR count). The number of H-pyrrole nitrogens is 1. The fourth-order valence-corrected chi connectivity index (χ4v) is 5.47. The van der Waals surface area contributed by atoms with Crippen molar-refractivity contribution in [3.8, 4) is 12.3 Å². The van der Waals surface area contributed by atoms with Crippen molar-refractivity contribution in [3.63, 3.8) is 0 Å². The summed E-state index contributed by atoms with van der Waals surface area (Å²) in [6.45, 7) is -1.24. The predicted molar refractivity (Wildman–Crippen MR) is 94.8 cm³/mol. The maximum absolute atomic E-state index is 13.6. The number of rotatable bonds is 8. The molecule has 1 fully saturated rings. The molecule has 1 aliphatic rings. The van der Waals surface area contributed by atoms with E-state index in [0.29, 0.717) is 6.20 Å². The lowest BCUT2D eigenvalue weighted by molar-refractivity contribution is -0.0765. The van der Waals surface area contributed by atoms with E-state index >= 15 is 0 Å². The second kappa shape index (κ2) is 9.01. The first-order valence-corrected chi connectivity index (χ1v) is 12.3. The highest BCUT2D eigenvalue weighted by Gasteiger charge is 2.56. The van der Waals surface area contributed by atoms with Gasteiger partial charge in [0.1, 0.15) is 12.2 Å². The van der Waals surface area contributed by atoms with Gasteiger partial charge in [0.05, 0.1) is 12.8 Å². The van der Waals surface area contributed by atoms with Crippen molar-refractivity contribution in [3.05, 3.63) is 32.9 Å². The second-order valence-corrected chi connectivity index (χ2v) is 10.4. The summed E-state index contributed by atoms with van der Waals surface area (Å²) in [4.78, 5) is 60.0. The molecule has 0 bridgehead atoms. The molecule has 17 nitrogen and oxygen atoms in total. The van der Waals surface area contributed by atoms with Crippen LogP contribution in [0.3, 0.4) is 0 Å². The van der Waals surface area contributed by atoms with Crippen LogP contribution in [0.1, 0.15) is 6.23 Å². The van der Waals surface area contributed by atoms with E-state index in [1.807, 2.05) is 0 Å². The third-order valence-electron chi connectivity index (χ3n) is 3.71. The van der Waals surface area contributed by atoms with Gasteiger partial charge in [-0.05, 0) is 0 Å². The number of nitrogens with one attached hydrogen (secondary N) is 1. The summed E-state index contributed by atoms with van der Waals surface area (Å²) in [5.74, 6) is 0.187. The van der Waals surface area contributed by atoms with Crippen molar-refractivity contribution in [2.24, 2.45) is 0 Å². The lowest BCUT2D eigenvalue weighted by Gasteiger charge is -2.26. The number of halogens is 1. The smallest absolute Gasteiger partial charge is 0.386 e. The number of nitrogens with zero attached hydrogens (tertiary/aromatic N) is 1. The quantitative estimate of drug-likeness (QED) is 0.138. The van der Waals surface area contributed by atoms with E-state index in [-0.39, 0.29) is 4.57 Å². The molecule has 1 aromatic heterocycles. The van der Waals surface area contributed by atoms with Crippen LogP contribution in [0.4, 0.5) is 4.39 Å². The standard InChI is InChI=1S/C11H14FN2O15P3/c1-2-11(18)7(15)6(27-9(11)14-3-5(12)8(16)13-10(14)17)4-26-31(22,23)29-32(24,25)28-30(19,20)21/h1,3,6-7,9,15,18H,4H2,(H,22,23)(H,24,25)(H,13,16,17)(H2,19,20,21)/t6-,7+,9-,11?/m1/s1. The van der Waals surface area contributed by atoms with Gasteiger partial charge < -0.3 is 34.5 Å². The maximum atomic E-state index is 13.6. The molecule has 32 heavy (non-hydrogen) atoms. The maximum Gasteiger partial charge on any atom is 0.490 e. The molecule has 0 aliphatic carbocycles. The molecule has 3 unspecified atom stereocenters. The van der Waals surface area contributed by atoms with Gasteiger partial charge in [-0.1, -0.05) is 5.92 Å². The number of terminal acetylenes is 1. The Morgan fingerprint density at radius 2 is 1.81 bits per heavy atom. The van der Waals surface area contributed by atoms with Crippen LogP contribution < -0.4 is 11.2 Å². The molecule has 0 aromatic carbocycles. The van der Waals surface area contributed by atoms with Gasteiger partial charge >= 0.3 is 29.2 Å². The molecule has 180 valence electrons. The van der Waals surface area contributed by atoms with E-state index in [4.69, 9.17) is 25.8 Å². The highest BCUT2D eigenvalue weighted by Crippen LogP contribution is 2.66. The van der Waals surface area contributed by atoms with Crippen LogP contribution in [-0.2, 0) is 31.6 Å². The van der Waals surface area contributed by atoms with Crippen LogP contribution in [0.25, 0.3) is 0 Å². The molecule has 6 atom stereocenters. The number of aliphatic hydroxyl groups excluding tert-OH is 1. The van der Waals surface area contributed by atoms with Crippen LogP contribution in [0, 0.1) is 18.2 Å². The molecule has 1 aromatic rings. The molecule has 2 heterocycles. The highest BCUT2D eigenvalue weighted by molar-refractivity contribution is 7.66. The summed E-state index contributed by atoms with van der Waals surface area (Å²) in [7, 11) is -17.1. The van der Waals surface area contributed by atoms with Gasteiger partial charge in [-0.2, -0.15) is 13.0 Å². The summed E-state index contributed by atoms with van der Waals surface area (Å²) in [6.07, 6.45) is -0.679. The summed E-state index contributed by atoms with van der Waals surface area (Å²) in [5, 5.41) is 20.7. The predicted octanol–water partition coefficient (Wildman–Crippen LogP) is -2.36. The van der Waals surface area contributed by atoms with Gasteiger partial charge in [0, 0.05) is 0 Å². The van der Waals surface area contributed by atoms with Crippen LogP contribution >= 0.6 is 23.5 Å². The van der Waals surface area contributed by atoms with Crippen molar-refractivity contribution < 1.29 is 65.8 Å². The van der Waals surface area contributed by atoms with Gasteiger partial charge in [-0.25, -0.2) is 18.5 Å². The average Bonchev–Trinajstić information content (AvgIpc) is 2.85. The largest absolute Gasteiger partial charge is 0.490 e. The van der Waals surface area contributed by atoms with Gasteiger partial charge in [0.15, 0.2) is 11.8 Å². The summed E-state index contributed by atoms with van der Waals surface area (Å²) in [6, 6.07) is 0. The SMILES string of the molecule is C#CC1(O)[C@@H](O)[C@@H](COP(=O)(O)OP(=O)(O)OP(=O)(O)O)O[C@H]1n1cc(F)c(=O)[nH]c1=O. The molecule has 1 aliphatic heterocycles. The first-order chi connectivity index (χ1) is 14.4. The minimum absolute atomic E-state index is 0.268. The normalized spacial score (nSPS) is 29.8. The Kier molecular flexibility index (Phi) is 7.52. The van der Waals surface area contributed by atoms with Crippen molar-refractivity contribution in [2.75, 3.05) is 6.61 Å². The van der Waals surface area contributed by atoms with Crippen molar-refractivity contribution in [1.82, 2.24) is 9.55 Å². The molecular formula is C11H14FN2O15P3. The number of hydrogen-bond acceptors (Lipinski definition) is 11. The Bertz CT molecular complexity index is 1180. The Balaban J connectivity index is 2.23. The van der Waals surface area contributed by atoms with Gasteiger partial charge in [-0.15, -0.1) is 6.42 Å². The fraction of sp³-hybridized carbons (Fsp3) is 0.455. The van der Waals surface area contributed by atoms with E-state index in [2.05, 4.69) is 13.1 Å². The first-order valence-electron chi connectivity index (χ1n) is 7.74. The Morgan fingerprint density at radius 1 is 1.22 bits per heavy atom. The summed E-state index contributed by atoms with van der Waals surface area (Å²) >= 11 is 0. The third kappa shape index (κ3) is 6.07. The van der Waals surface area contributed by atoms with Crippen LogP contribution in [0.15, 0.2) is 15.8 Å². The number of phosphoric acid groups is 3. The van der Waals surface area contributed by atoms with Gasteiger partial charge in [0.25, 0.3) is 5.56 Å². The molecule has 21 heteroatoms. The zero-order valence-corrected chi connectivity index (χ0v) is 17.8. The molecule has 0 radical (unpaired) electrons. The van der Waals surface area contributed by atoms with E-state index in [1.165, 1.54) is 4.98 Å². The van der Waals surface area contributed by atoms with E-state index in [1.54, 1.807) is 5.92 Å². The molecule has 0 saturated carbocycles. The average molecular weight is 526 g/mol. The lowest BCUT2D eigenvalue weighted by Crippen LogP contribution is -2.48. The minimum atomic E-state index is -5.83. The topological polar surface area (TPSA) is 264 Å². The summed E-state index contributed by atoms with van der Waals surface area (Å²) in [5.41, 5.74) is -5.52. The number of phosphoric ester groups is 1. The highest BCUT2D eigenvalue weighted by atomic mass is 31.3. The molecule has 0 amide bonds. The fourth-order valence-electron chi connectivity index (χ4n) is 2.44. The van der Waals surface area contributed by atoms with E-state index in [0.717, 1.165) is 0 Å². The lowest BCUT2D eigenvalue weighted by atomic mass is 9.95. The zero-order valence-electron chi connectivity index (χ0n) is 15.1. The monoisotopic (exact) mass is 526 g/mol. The molecular weight excluding hydrogens is 512 g/mol. The molecule has 7 N–H and O–H groups in total. The van der Waals surface area contributed by atoms with E-state index in [9.17, 15) is 42.8 Å². The van der Waals surface area contributed by atoms with Crippen molar-refractivity contribution >= 4 is 23.5 Å². The van der Waals surface area contributed by atoms with Crippen LogP contribution in [0.2, 0.25) is 0 Å².